The molecule has 0 aromatic carbocycles. The largest absolute Gasteiger partial charge is 0.490 e. The van der Waals surface area contributed by atoms with E-state index in [9.17, 15) is 18.0 Å². The van der Waals surface area contributed by atoms with E-state index in [1.807, 2.05) is 11.3 Å². The number of carboxylic acids is 1. The second kappa shape index (κ2) is 9.41. The Kier molecular flexibility index (Phi) is 6.76. The number of halogens is 3. The van der Waals surface area contributed by atoms with Crippen molar-refractivity contribution in [3.8, 4) is 0 Å². The monoisotopic (exact) mass is 485 g/mol. The molecule has 2 unspecified atom stereocenters. The number of alkyl halides is 3. The number of aromatic nitrogens is 3. The van der Waals surface area contributed by atoms with Crippen LogP contribution in [0.2, 0.25) is 0 Å². The molecule has 0 radical (unpaired) electrons. The highest BCUT2D eigenvalue weighted by Gasteiger charge is 2.40. The molecule has 2 aromatic rings. The smallest absolute Gasteiger partial charge is 0.475 e. The van der Waals surface area contributed by atoms with Gasteiger partial charge in [0.25, 0.3) is 5.91 Å². The number of aliphatic carboxylic acids is 1. The zero-order valence-electron chi connectivity index (χ0n) is 18.1. The topological polar surface area (TPSA) is 100 Å². The number of likely N-dealkylation sites (tertiary alicyclic amines) is 1. The van der Waals surface area contributed by atoms with Crippen LogP contribution in [0.15, 0.2) is 11.4 Å². The number of aryl methyl sites for hydroxylation is 1. The number of hydrogen-bond donors (Lipinski definition) is 2. The van der Waals surface area contributed by atoms with E-state index in [0.29, 0.717) is 23.7 Å². The third-order valence-electron chi connectivity index (χ3n) is 6.56. The number of carboxylic acid groups (broad SMARTS) is 1. The molecule has 2 atom stereocenters. The minimum Gasteiger partial charge on any atom is -0.475 e. The van der Waals surface area contributed by atoms with Gasteiger partial charge >= 0.3 is 12.1 Å². The molecular formula is C21H26F3N5O3S. The van der Waals surface area contributed by atoms with Gasteiger partial charge in [-0.1, -0.05) is 0 Å². The van der Waals surface area contributed by atoms with Crippen molar-refractivity contribution in [1.82, 2.24) is 25.0 Å². The normalized spacial score (nSPS) is 22.5. The molecule has 2 fully saturated rings. The molecule has 5 rings (SSSR count). The average molecular weight is 486 g/mol. The number of nitrogens with zero attached hydrogens (tertiary/aromatic N) is 4. The highest BCUT2D eigenvalue weighted by molar-refractivity contribution is 7.10. The molecule has 1 saturated carbocycles. The number of rotatable bonds is 4. The first kappa shape index (κ1) is 23.7. The maximum Gasteiger partial charge on any atom is 0.490 e. The van der Waals surface area contributed by atoms with Crippen LogP contribution in [0, 0.1) is 18.8 Å². The van der Waals surface area contributed by atoms with E-state index in [0.717, 1.165) is 51.3 Å². The van der Waals surface area contributed by atoms with Gasteiger partial charge < -0.3 is 15.0 Å². The lowest BCUT2D eigenvalue weighted by Gasteiger charge is -2.28. The van der Waals surface area contributed by atoms with Crippen LogP contribution < -0.4 is 5.32 Å². The van der Waals surface area contributed by atoms with Crippen LogP contribution in [-0.2, 0) is 24.3 Å². The summed E-state index contributed by atoms with van der Waals surface area (Å²) >= 11 is 1.86. The van der Waals surface area contributed by atoms with Crippen molar-refractivity contribution >= 4 is 23.2 Å². The maximum atomic E-state index is 12.5. The zero-order chi connectivity index (χ0) is 23.8. The number of carbonyl (C=O) groups excluding carboxylic acids is 1. The molecule has 8 nitrogen and oxygen atoms in total. The maximum absolute atomic E-state index is 12.5. The summed E-state index contributed by atoms with van der Waals surface area (Å²) in [6.07, 6.45) is -0.746. The molecule has 1 aliphatic carbocycles. The summed E-state index contributed by atoms with van der Waals surface area (Å²) in [5.41, 5.74) is 1.40. The Morgan fingerprint density at radius 1 is 1.21 bits per heavy atom. The van der Waals surface area contributed by atoms with E-state index in [1.165, 1.54) is 16.9 Å². The quantitative estimate of drug-likeness (QED) is 0.691. The van der Waals surface area contributed by atoms with Gasteiger partial charge in [0.15, 0.2) is 0 Å². The Hall–Kier alpha value is -2.47. The van der Waals surface area contributed by atoms with Gasteiger partial charge in [-0.3, -0.25) is 9.69 Å². The number of amides is 1. The van der Waals surface area contributed by atoms with Gasteiger partial charge in [-0.25, -0.2) is 4.79 Å². The predicted molar refractivity (Wildman–Crippen MR) is 114 cm³/mol. The Balaban J connectivity index is 0.000000325. The number of thiophene rings is 1. The van der Waals surface area contributed by atoms with Crippen molar-refractivity contribution in [1.29, 1.82) is 0 Å². The van der Waals surface area contributed by atoms with Gasteiger partial charge in [0.1, 0.15) is 5.82 Å². The summed E-state index contributed by atoms with van der Waals surface area (Å²) in [6.45, 7) is 6.34. The van der Waals surface area contributed by atoms with E-state index < -0.39 is 12.1 Å². The summed E-state index contributed by atoms with van der Waals surface area (Å²) in [5, 5.41) is 21.0. The van der Waals surface area contributed by atoms with Crippen molar-refractivity contribution in [2.24, 2.45) is 11.8 Å². The first-order valence-electron chi connectivity index (χ1n) is 10.9. The summed E-state index contributed by atoms with van der Waals surface area (Å²) in [4.78, 5) is 25.5. The molecule has 4 heterocycles. The second-order valence-corrected chi connectivity index (χ2v) is 9.90. The standard InChI is InChI=1S/C19H25N5OS.C2HF3O2/c1-12-5-6-26-16(12)11-23-8-13-7-17-21-22-18(24(17)10-14(13)9-23)19(25)20-15-3-2-4-15;3-2(4,5)1(6)7/h5-6,13-15H,2-4,7-11H2,1H3,(H,20,25);(H,6,7). The third-order valence-corrected chi connectivity index (χ3v) is 7.57. The minimum absolute atomic E-state index is 0.0454. The average Bonchev–Trinajstić information content (AvgIpc) is 3.41. The SMILES string of the molecule is Cc1ccsc1CN1CC2Cc3nnc(C(=O)NC4CCC4)n3CC2C1.O=C(O)C(F)(F)F. The van der Waals surface area contributed by atoms with E-state index in [-0.39, 0.29) is 5.91 Å². The lowest BCUT2D eigenvalue weighted by molar-refractivity contribution is -0.192. The van der Waals surface area contributed by atoms with E-state index >= 15 is 0 Å². The molecule has 2 N–H and O–H groups in total. The molecule has 2 aliphatic heterocycles. The molecular weight excluding hydrogens is 459 g/mol. The minimum atomic E-state index is -5.08. The predicted octanol–water partition coefficient (Wildman–Crippen LogP) is 2.87. The lowest BCUT2D eigenvalue weighted by atomic mass is 9.89. The van der Waals surface area contributed by atoms with Gasteiger partial charge in [-0.05, 0) is 55.0 Å². The van der Waals surface area contributed by atoms with Gasteiger partial charge in [-0.15, -0.1) is 21.5 Å². The number of hydrogen-bond acceptors (Lipinski definition) is 6. The van der Waals surface area contributed by atoms with Crippen molar-refractivity contribution < 1.29 is 27.9 Å². The summed E-state index contributed by atoms with van der Waals surface area (Å²) in [6, 6.07) is 2.54. The van der Waals surface area contributed by atoms with Crippen molar-refractivity contribution in [2.45, 2.75) is 57.9 Å². The van der Waals surface area contributed by atoms with Crippen molar-refractivity contribution in [3.05, 3.63) is 33.5 Å². The number of fused-ring (bicyclic) bond motifs is 2. The Labute approximate surface area is 192 Å². The Bertz CT molecular complexity index is 1020. The zero-order valence-corrected chi connectivity index (χ0v) is 19.0. The first-order chi connectivity index (χ1) is 15.6. The fraction of sp³-hybridized carbons (Fsp3) is 0.619. The lowest BCUT2D eigenvalue weighted by Crippen LogP contribution is -2.41. The van der Waals surface area contributed by atoms with E-state index in [1.54, 1.807) is 0 Å². The summed E-state index contributed by atoms with van der Waals surface area (Å²) in [5.74, 6) is -0.0796. The van der Waals surface area contributed by atoms with Gasteiger partial charge in [0.05, 0.1) is 0 Å². The first-order valence-corrected chi connectivity index (χ1v) is 11.8. The third kappa shape index (κ3) is 5.37. The van der Waals surface area contributed by atoms with Crippen LogP contribution in [-0.4, -0.2) is 62.0 Å². The molecule has 33 heavy (non-hydrogen) atoms. The number of carbonyl (C=O) groups is 2. The van der Waals surface area contributed by atoms with Gasteiger partial charge in [0, 0.05) is 43.5 Å². The highest BCUT2D eigenvalue weighted by atomic mass is 32.1. The van der Waals surface area contributed by atoms with Crippen molar-refractivity contribution in [3.63, 3.8) is 0 Å². The van der Waals surface area contributed by atoms with E-state index in [2.05, 4.69) is 43.4 Å². The molecule has 3 aliphatic rings. The van der Waals surface area contributed by atoms with Crippen LogP contribution >= 0.6 is 11.3 Å². The van der Waals surface area contributed by atoms with Crippen LogP contribution in [0.5, 0.6) is 0 Å². The molecule has 2 aromatic heterocycles. The fourth-order valence-corrected chi connectivity index (χ4v) is 5.44. The molecule has 0 bridgehead atoms. The Morgan fingerprint density at radius 3 is 2.48 bits per heavy atom. The second-order valence-electron chi connectivity index (χ2n) is 8.90. The van der Waals surface area contributed by atoms with Gasteiger partial charge in [-0.2, -0.15) is 13.2 Å². The highest BCUT2D eigenvalue weighted by Crippen LogP contribution is 2.34. The molecule has 12 heteroatoms. The van der Waals surface area contributed by atoms with Crippen LogP contribution in [0.4, 0.5) is 13.2 Å². The fourth-order valence-electron chi connectivity index (χ4n) is 4.49. The number of nitrogens with one attached hydrogen (secondary N) is 1. The van der Waals surface area contributed by atoms with Gasteiger partial charge in [0.2, 0.25) is 5.82 Å². The summed E-state index contributed by atoms with van der Waals surface area (Å²) < 4.78 is 33.8. The van der Waals surface area contributed by atoms with E-state index in [4.69, 9.17) is 9.90 Å². The molecule has 180 valence electrons. The van der Waals surface area contributed by atoms with Crippen LogP contribution in [0.1, 0.15) is 46.1 Å². The Morgan fingerprint density at radius 2 is 1.91 bits per heavy atom. The van der Waals surface area contributed by atoms with Crippen LogP contribution in [0.3, 0.4) is 0 Å². The van der Waals surface area contributed by atoms with Crippen molar-refractivity contribution in [2.75, 3.05) is 13.1 Å². The molecule has 0 spiro atoms. The molecule has 1 saturated heterocycles. The summed E-state index contributed by atoms with van der Waals surface area (Å²) in [7, 11) is 0. The molecule has 1 amide bonds. The van der Waals surface area contributed by atoms with Crippen LogP contribution in [0.25, 0.3) is 0 Å².